The smallest absolute Gasteiger partial charge is 0.264 e. The molecule has 0 aliphatic heterocycles. The monoisotopic (exact) mass is 455 g/mol. The standard InChI is InChI=1S/C23H49NO3S.ClH/c1-24(2)22-20-18-16-14-12-10-8-6-4-3-5-7-9-11-13-15-17-19-21-23-28(25,26)27;/h3-23H2,1-2H3,(H,25,26,27);1H. The topological polar surface area (TPSA) is 58.8 Å². The molecular weight excluding hydrogens is 406 g/mol. The first-order valence-corrected chi connectivity index (χ1v) is 13.8. The predicted molar refractivity (Wildman–Crippen MR) is 122 cm³/mol. The van der Waals surface area contributed by atoms with Crippen LogP contribution < -0.4 is 17.3 Å². The van der Waals surface area contributed by atoms with E-state index < -0.39 is 10.1 Å². The summed E-state index contributed by atoms with van der Waals surface area (Å²) >= 11 is 0. The molecule has 0 saturated heterocycles. The summed E-state index contributed by atoms with van der Waals surface area (Å²) in [4.78, 5) is 1.58. The van der Waals surface area contributed by atoms with Crippen LogP contribution in [0.2, 0.25) is 0 Å². The first-order chi connectivity index (χ1) is 13.4. The van der Waals surface area contributed by atoms with Gasteiger partial charge in [0, 0.05) is 0 Å². The van der Waals surface area contributed by atoms with Gasteiger partial charge in [0.15, 0.2) is 0 Å². The van der Waals surface area contributed by atoms with E-state index in [0.717, 1.165) is 12.8 Å². The minimum absolute atomic E-state index is 0. The number of rotatable bonds is 22. The highest BCUT2D eigenvalue weighted by molar-refractivity contribution is 7.85. The van der Waals surface area contributed by atoms with Gasteiger partial charge in [-0.2, -0.15) is 8.42 Å². The van der Waals surface area contributed by atoms with Crippen molar-refractivity contribution in [3.8, 4) is 0 Å². The average Bonchev–Trinajstić information content (AvgIpc) is 2.61. The molecule has 2 N–H and O–H groups in total. The van der Waals surface area contributed by atoms with E-state index >= 15 is 0 Å². The Hall–Kier alpha value is 0.160. The van der Waals surface area contributed by atoms with Gasteiger partial charge in [0.05, 0.1) is 26.4 Å². The molecule has 0 bridgehead atoms. The van der Waals surface area contributed by atoms with Crippen molar-refractivity contribution < 1.29 is 30.3 Å². The van der Waals surface area contributed by atoms with Crippen molar-refractivity contribution in [2.75, 3.05) is 26.4 Å². The molecule has 0 unspecified atom stereocenters. The van der Waals surface area contributed by atoms with Crippen LogP contribution in [-0.2, 0) is 10.1 Å². The molecule has 0 aliphatic rings. The van der Waals surface area contributed by atoms with Crippen LogP contribution in [0.25, 0.3) is 0 Å². The van der Waals surface area contributed by atoms with Crippen molar-refractivity contribution in [1.82, 2.24) is 0 Å². The lowest BCUT2D eigenvalue weighted by molar-refractivity contribution is -0.858. The number of hydrogen-bond donors (Lipinski definition) is 2. The first-order valence-electron chi connectivity index (χ1n) is 12.2. The van der Waals surface area contributed by atoms with E-state index in [0.29, 0.717) is 6.42 Å². The van der Waals surface area contributed by atoms with Crippen LogP contribution in [0.1, 0.15) is 122 Å². The van der Waals surface area contributed by atoms with Crippen LogP contribution >= 0.6 is 0 Å². The maximum absolute atomic E-state index is 10.6. The summed E-state index contributed by atoms with van der Waals surface area (Å²) in [6.45, 7) is 1.32. The van der Waals surface area contributed by atoms with Gasteiger partial charge in [0.1, 0.15) is 0 Å². The minimum Gasteiger partial charge on any atom is -1.00 e. The molecule has 0 spiro atoms. The molecule has 29 heavy (non-hydrogen) atoms. The number of hydrogen-bond acceptors (Lipinski definition) is 2. The Kier molecular flexibility index (Phi) is 24.7. The Morgan fingerprint density at radius 1 is 0.517 bits per heavy atom. The van der Waals surface area contributed by atoms with Gasteiger partial charge in [-0.3, -0.25) is 4.55 Å². The molecule has 0 aromatic heterocycles. The number of halogens is 1. The summed E-state index contributed by atoms with van der Waals surface area (Å²) in [7, 11) is 0.727. The van der Waals surface area contributed by atoms with Gasteiger partial charge in [0.2, 0.25) is 0 Å². The van der Waals surface area contributed by atoms with Gasteiger partial charge in [-0.15, -0.1) is 0 Å². The molecule has 0 radical (unpaired) electrons. The highest BCUT2D eigenvalue weighted by Gasteiger charge is 2.02. The summed E-state index contributed by atoms with van der Waals surface area (Å²) in [5.41, 5.74) is 0. The number of unbranched alkanes of at least 4 members (excludes halogenated alkanes) is 18. The zero-order valence-electron chi connectivity index (χ0n) is 19.4. The summed E-state index contributed by atoms with van der Waals surface area (Å²) < 4.78 is 29.8. The molecule has 0 aliphatic carbocycles. The van der Waals surface area contributed by atoms with Gasteiger partial charge in [0.25, 0.3) is 10.1 Å². The van der Waals surface area contributed by atoms with Gasteiger partial charge in [-0.1, -0.05) is 103 Å². The van der Waals surface area contributed by atoms with Crippen molar-refractivity contribution in [1.29, 1.82) is 0 Å². The average molecular weight is 456 g/mol. The predicted octanol–water partition coefficient (Wildman–Crippen LogP) is 2.43. The zero-order chi connectivity index (χ0) is 20.9. The molecule has 6 heteroatoms. The highest BCUT2D eigenvalue weighted by atomic mass is 35.5. The highest BCUT2D eigenvalue weighted by Crippen LogP contribution is 2.14. The van der Waals surface area contributed by atoms with E-state index in [4.69, 9.17) is 4.55 Å². The summed E-state index contributed by atoms with van der Waals surface area (Å²) in [6, 6.07) is 0. The molecule has 0 rings (SSSR count). The van der Waals surface area contributed by atoms with E-state index in [9.17, 15) is 8.42 Å². The van der Waals surface area contributed by atoms with E-state index in [-0.39, 0.29) is 18.2 Å². The summed E-state index contributed by atoms with van der Waals surface area (Å²) in [6.07, 6.45) is 24.7. The number of nitrogens with one attached hydrogen (secondary N) is 1. The SMILES string of the molecule is C[NH+](C)CCCCCCCCCCCCCCCCCCCCCS(=O)(=O)O.[Cl-]. The second kappa shape index (κ2) is 22.8. The maximum atomic E-state index is 10.6. The Morgan fingerprint density at radius 2 is 0.759 bits per heavy atom. The summed E-state index contributed by atoms with van der Waals surface area (Å²) in [5.74, 6) is -0.0786. The van der Waals surface area contributed by atoms with Gasteiger partial charge in [-0.05, 0) is 19.3 Å². The lowest BCUT2D eigenvalue weighted by atomic mass is 10.0. The van der Waals surface area contributed by atoms with Gasteiger partial charge in [-0.25, -0.2) is 0 Å². The Balaban J connectivity index is 0. The van der Waals surface area contributed by atoms with Crippen LogP contribution in [0.15, 0.2) is 0 Å². The van der Waals surface area contributed by atoms with Crippen LogP contribution in [0.4, 0.5) is 0 Å². The van der Waals surface area contributed by atoms with Crippen molar-refractivity contribution in [2.45, 2.75) is 122 Å². The Morgan fingerprint density at radius 3 is 1.00 bits per heavy atom. The van der Waals surface area contributed by atoms with Gasteiger partial charge >= 0.3 is 0 Å². The molecule has 0 atom stereocenters. The fourth-order valence-electron chi connectivity index (χ4n) is 3.77. The largest absolute Gasteiger partial charge is 1.00 e. The second-order valence-corrected chi connectivity index (χ2v) is 10.5. The third-order valence-corrected chi connectivity index (χ3v) is 6.38. The molecular formula is C23H50ClNO3S. The quantitative estimate of drug-likeness (QED) is 0.195. The molecule has 0 aromatic carbocycles. The van der Waals surface area contributed by atoms with Crippen molar-refractivity contribution in [2.24, 2.45) is 0 Å². The summed E-state index contributed by atoms with van der Waals surface area (Å²) in [5, 5.41) is 0. The Labute approximate surface area is 188 Å². The lowest BCUT2D eigenvalue weighted by Crippen LogP contribution is -3.05. The van der Waals surface area contributed by atoms with Crippen LogP contribution in [-0.4, -0.2) is 39.4 Å². The maximum Gasteiger partial charge on any atom is 0.264 e. The van der Waals surface area contributed by atoms with E-state index in [1.54, 1.807) is 4.90 Å². The molecule has 4 nitrogen and oxygen atoms in total. The van der Waals surface area contributed by atoms with E-state index in [1.165, 1.54) is 109 Å². The first kappa shape index (κ1) is 31.3. The normalized spacial score (nSPS) is 11.7. The lowest BCUT2D eigenvalue weighted by Gasteiger charge is -2.06. The third kappa shape index (κ3) is 30.4. The molecule has 178 valence electrons. The van der Waals surface area contributed by atoms with E-state index in [1.807, 2.05) is 0 Å². The molecule has 0 fully saturated rings. The van der Waals surface area contributed by atoms with Crippen molar-refractivity contribution in [3.05, 3.63) is 0 Å². The van der Waals surface area contributed by atoms with Crippen LogP contribution in [0.3, 0.4) is 0 Å². The van der Waals surface area contributed by atoms with Crippen molar-refractivity contribution in [3.63, 3.8) is 0 Å². The zero-order valence-corrected chi connectivity index (χ0v) is 21.0. The molecule has 0 saturated carbocycles. The molecule has 0 aromatic rings. The van der Waals surface area contributed by atoms with E-state index in [2.05, 4.69) is 14.1 Å². The molecule has 0 heterocycles. The fraction of sp³-hybridized carbons (Fsp3) is 1.00. The number of quaternary nitrogens is 1. The Bertz CT molecular complexity index is 416. The minimum atomic E-state index is -3.75. The van der Waals surface area contributed by atoms with Crippen molar-refractivity contribution >= 4 is 10.1 Å². The van der Waals surface area contributed by atoms with Crippen LogP contribution in [0, 0.1) is 0 Å². The third-order valence-electron chi connectivity index (χ3n) is 5.58. The fourth-order valence-corrected chi connectivity index (χ4v) is 4.34. The van der Waals surface area contributed by atoms with Crippen LogP contribution in [0.5, 0.6) is 0 Å². The van der Waals surface area contributed by atoms with Gasteiger partial charge < -0.3 is 17.3 Å². The second-order valence-electron chi connectivity index (χ2n) is 8.96. The molecule has 0 amide bonds.